The predicted octanol–water partition coefficient (Wildman–Crippen LogP) is 2.39. The summed E-state index contributed by atoms with van der Waals surface area (Å²) in [4.78, 5) is 4.27. The van der Waals surface area contributed by atoms with Crippen LogP contribution in [-0.2, 0) is 9.31 Å². The molecule has 0 saturated carbocycles. The van der Waals surface area contributed by atoms with E-state index in [1.165, 1.54) is 11.3 Å². The standard InChI is InChI=1S/C12H15BBrN3O2S/c1-11(2)12(3,4)19-13(18-11)8-5-16-17(7-8)10-15-6-9(14)20-10/h5-7H,1-4H3. The molecule has 0 spiro atoms. The van der Waals surface area contributed by atoms with Gasteiger partial charge < -0.3 is 9.31 Å². The molecule has 0 aliphatic carbocycles. The van der Waals surface area contributed by atoms with Gasteiger partial charge in [-0.25, -0.2) is 9.67 Å². The maximum absolute atomic E-state index is 6.00. The summed E-state index contributed by atoms with van der Waals surface area (Å²) in [5, 5.41) is 5.13. The summed E-state index contributed by atoms with van der Waals surface area (Å²) in [6.07, 6.45) is 5.42. The van der Waals surface area contributed by atoms with Crippen LogP contribution in [0.3, 0.4) is 0 Å². The van der Waals surface area contributed by atoms with Gasteiger partial charge in [0.05, 0.1) is 21.2 Å². The molecule has 0 bridgehead atoms. The van der Waals surface area contributed by atoms with Crippen LogP contribution in [-0.4, -0.2) is 33.1 Å². The molecule has 1 saturated heterocycles. The van der Waals surface area contributed by atoms with Crippen molar-refractivity contribution < 1.29 is 9.31 Å². The summed E-state index contributed by atoms with van der Waals surface area (Å²) < 4.78 is 14.7. The molecule has 0 radical (unpaired) electrons. The molecule has 1 aliphatic heterocycles. The van der Waals surface area contributed by atoms with Crippen molar-refractivity contribution >= 4 is 39.8 Å². The summed E-state index contributed by atoms with van der Waals surface area (Å²) >= 11 is 4.92. The van der Waals surface area contributed by atoms with Crippen molar-refractivity contribution in [2.24, 2.45) is 0 Å². The monoisotopic (exact) mass is 355 g/mol. The molecule has 1 fully saturated rings. The number of halogens is 1. The van der Waals surface area contributed by atoms with E-state index in [9.17, 15) is 0 Å². The van der Waals surface area contributed by atoms with E-state index in [0.29, 0.717) is 0 Å². The van der Waals surface area contributed by atoms with Crippen molar-refractivity contribution in [3.8, 4) is 5.13 Å². The van der Waals surface area contributed by atoms with Gasteiger partial charge in [-0.15, -0.1) is 0 Å². The van der Waals surface area contributed by atoms with Gasteiger partial charge in [0.2, 0.25) is 5.13 Å². The Morgan fingerprint density at radius 3 is 2.40 bits per heavy atom. The molecule has 3 rings (SSSR count). The van der Waals surface area contributed by atoms with Crippen LogP contribution in [0.5, 0.6) is 0 Å². The van der Waals surface area contributed by atoms with E-state index < -0.39 is 7.12 Å². The fourth-order valence-electron chi connectivity index (χ4n) is 1.89. The molecule has 20 heavy (non-hydrogen) atoms. The highest BCUT2D eigenvalue weighted by Crippen LogP contribution is 2.36. The molecule has 0 aromatic carbocycles. The molecule has 106 valence electrons. The van der Waals surface area contributed by atoms with Crippen molar-refractivity contribution in [1.82, 2.24) is 14.8 Å². The van der Waals surface area contributed by atoms with Gasteiger partial charge in [0.25, 0.3) is 0 Å². The third kappa shape index (κ3) is 2.34. The molecule has 0 N–H and O–H groups in total. The van der Waals surface area contributed by atoms with Gasteiger partial charge in [-0.05, 0) is 43.6 Å². The zero-order valence-corrected chi connectivity index (χ0v) is 14.2. The Morgan fingerprint density at radius 2 is 1.85 bits per heavy atom. The molecule has 0 amide bonds. The van der Waals surface area contributed by atoms with E-state index in [4.69, 9.17) is 9.31 Å². The Hall–Kier alpha value is -0.695. The summed E-state index contributed by atoms with van der Waals surface area (Å²) in [5.41, 5.74) is 0.212. The molecule has 0 atom stereocenters. The second-order valence-corrected chi connectivity index (χ2v) is 8.14. The third-order valence-electron chi connectivity index (χ3n) is 3.79. The molecule has 2 aromatic rings. The Bertz CT molecular complexity index is 624. The van der Waals surface area contributed by atoms with E-state index in [2.05, 4.69) is 26.0 Å². The van der Waals surface area contributed by atoms with E-state index in [-0.39, 0.29) is 11.2 Å². The zero-order valence-electron chi connectivity index (χ0n) is 11.8. The summed E-state index contributed by atoms with van der Waals surface area (Å²) in [5.74, 6) is 0. The fourth-order valence-corrected chi connectivity index (χ4v) is 3.01. The normalized spacial score (nSPS) is 20.6. The lowest BCUT2D eigenvalue weighted by atomic mass is 9.82. The van der Waals surface area contributed by atoms with Crippen molar-refractivity contribution in [1.29, 1.82) is 0 Å². The lowest BCUT2D eigenvalue weighted by Gasteiger charge is -2.32. The van der Waals surface area contributed by atoms with Crippen molar-refractivity contribution in [3.63, 3.8) is 0 Å². The smallest absolute Gasteiger partial charge is 0.399 e. The van der Waals surface area contributed by atoms with Crippen LogP contribution in [0.4, 0.5) is 0 Å². The number of hydrogen-bond acceptors (Lipinski definition) is 5. The van der Waals surface area contributed by atoms with Crippen molar-refractivity contribution in [2.75, 3.05) is 0 Å². The molecular weight excluding hydrogens is 341 g/mol. The number of aromatic nitrogens is 3. The van der Waals surface area contributed by atoms with Gasteiger partial charge >= 0.3 is 7.12 Å². The number of nitrogens with zero attached hydrogens (tertiary/aromatic N) is 3. The summed E-state index contributed by atoms with van der Waals surface area (Å²) in [6, 6.07) is 0. The van der Waals surface area contributed by atoms with Gasteiger partial charge in [0.15, 0.2) is 0 Å². The first kappa shape index (κ1) is 14.3. The molecule has 8 heteroatoms. The highest BCUT2D eigenvalue weighted by Gasteiger charge is 2.52. The van der Waals surface area contributed by atoms with Gasteiger partial charge in [-0.2, -0.15) is 5.10 Å². The first-order valence-electron chi connectivity index (χ1n) is 6.30. The average Bonchev–Trinajstić information content (AvgIpc) is 2.98. The summed E-state index contributed by atoms with van der Waals surface area (Å²) in [7, 11) is -0.392. The molecular formula is C12H15BBrN3O2S. The minimum atomic E-state index is -0.392. The molecule has 3 heterocycles. The van der Waals surface area contributed by atoms with Gasteiger partial charge in [-0.3, -0.25) is 0 Å². The zero-order chi connectivity index (χ0) is 14.5. The third-order valence-corrected chi connectivity index (χ3v) is 5.26. The van der Waals surface area contributed by atoms with Crippen LogP contribution < -0.4 is 5.46 Å². The first-order chi connectivity index (χ1) is 9.28. The van der Waals surface area contributed by atoms with Crippen LogP contribution in [0.1, 0.15) is 27.7 Å². The van der Waals surface area contributed by atoms with Crippen LogP contribution >= 0.6 is 27.3 Å². The second kappa shape index (κ2) is 4.66. The summed E-state index contributed by atoms with van der Waals surface area (Å²) in [6.45, 7) is 8.15. The largest absolute Gasteiger partial charge is 0.498 e. The topological polar surface area (TPSA) is 49.2 Å². The Labute approximate surface area is 130 Å². The van der Waals surface area contributed by atoms with Crippen molar-refractivity contribution in [3.05, 3.63) is 22.4 Å². The van der Waals surface area contributed by atoms with Crippen molar-refractivity contribution in [2.45, 2.75) is 38.9 Å². The van der Waals surface area contributed by atoms with E-state index in [1.54, 1.807) is 17.1 Å². The molecule has 0 unspecified atom stereocenters. The van der Waals surface area contributed by atoms with Gasteiger partial charge in [0.1, 0.15) is 0 Å². The number of hydrogen-bond donors (Lipinski definition) is 0. The molecule has 5 nitrogen and oxygen atoms in total. The number of rotatable bonds is 2. The SMILES string of the molecule is CC1(C)OB(c2cnn(-c3ncc(Br)s3)c2)OC1(C)C. The minimum Gasteiger partial charge on any atom is -0.399 e. The Balaban J connectivity index is 1.85. The van der Waals surface area contributed by atoms with Gasteiger partial charge in [-0.1, -0.05) is 11.3 Å². The Kier molecular flexibility index (Phi) is 3.32. The highest BCUT2D eigenvalue weighted by atomic mass is 79.9. The van der Waals surface area contributed by atoms with Crippen LogP contribution in [0, 0.1) is 0 Å². The molecule has 2 aromatic heterocycles. The quantitative estimate of drug-likeness (QED) is 0.776. The van der Waals surface area contributed by atoms with E-state index in [0.717, 1.165) is 14.4 Å². The average molecular weight is 356 g/mol. The maximum atomic E-state index is 6.00. The van der Waals surface area contributed by atoms with Gasteiger partial charge in [0, 0.05) is 17.9 Å². The first-order valence-corrected chi connectivity index (χ1v) is 7.91. The predicted molar refractivity (Wildman–Crippen MR) is 82.7 cm³/mol. The Morgan fingerprint density at radius 1 is 1.20 bits per heavy atom. The maximum Gasteiger partial charge on any atom is 0.498 e. The van der Waals surface area contributed by atoms with E-state index in [1.807, 2.05) is 33.9 Å². The lowest BCUT2D eigenvalue weighted by molar-refractivity contribution is 0.00578. The van der Waals surface area contributed by atoms with Crippen LogP contribution in [0.2, 0.25) is 0 Å². The number of thiazole rings is 1. The van der Waals surface area contributed by atoms with E-state index >= 15 is 0 Å². The minimum absolute atomic E-state index is 0.343. The fraction of sp³-hybridized carbons (Fsp3) is 0.500. The lowest BCUT2D eigenvalue weighted by Crippen LogP contribution is -2.41. The second-order valence-electron chi connectivity index (χ2n) is 5.75. The van der Waals surface area contributed by atoms with Crippen LogP contribution in [0.15, 0.2) is 22.4 Å². The molecule has 1 aliphatic rings. The highest BCUT2D eigenvalue weighted by molar-refractivity contribution is 9.11. The van der Waals surface area contributed by atoms with Crippen LogP contribution in [0.25, 0.3) is 5.13 Å².